The fraction of sp³-hybridized carbons (Fsp3) is 0.0588. The van der Waals surface area contributed by atoms with Crippen molar-refractivity contribution < 1.29 is 18.0 Å². The number of benzene rings is 1. The average molecular weight is 344 g/mol. The van der Waals surface area contributed by atoms with Crippen molar-refractivity contribution in [1.82, 2.24) is 15.2 Å². The van der Waals surface area contributed by atoms with E-state index in [9.17, 15) is 18.0 Å². The highest BCUT2D eigenvalue weighted by atomic mass is 19.4. The van der Waals surface area contributed by atoms with Gasteiger partial charge in [-0.3, -0.25) is 9.78 Å². The highest BCUT2D eigenvalue weighted by Gasteiger charge is 2.30. The molecule has 3 rings (SSSR count). The first kappa shape index (κ1) is 16.6. The Morgan fingerprint density at radius 1 is 0.920 bits per heavy atom. The lowest BCUT2D eigenvalue weighted by Gasteiger charge is -2.08. The number of primary amides is 1. The fourth-order valence-corrected chi connectivity index (χ4v) is 2.27. The number of aromatic nitrogens is 3. The van der Waals surface area contributed by atoms with Gasteiger partial charge in [0.05, 0.1) is 17.0 Å². The maximum absolute atomic E-state index is 12.6. The van der Waals surface area contributed by atoms with Gasteiger partial charge in [-0.2, -0.15) is 13.2 Å². The van der Waals surface area contributed by atoms with Crippen LogP contribution in [-0.4, -0.2) is 21.1 Å². The van der Waals surface area contributed by atoms with E-state index in [1.54, 1.807) is 24.3 Å². The summed E-state index contributed by atoms with van der Waals surface area (Å²) in [6.07, 6.45) is -2.95. The molecule has 3 aromatic rings. The maximum Gasteiger partial charge on any atom is 0.416 e. The van der Waals surface area contributed by atoms with E-state index in [0.717, 1.165) is 12.1 Å². The second kappa shape index (κ2) is 6.31. The number of halogens is 3. The Labute approximate surface area is 140 Å². The van der Waals surface area contributed by atoms with E-state index in [0.29, 0.717) is 22.5 Å². The lowest BCUT2D eigenvalue weighted by molar-refractivity contribution is -0.137. The molecule has 0 aliphatic rings. The van der Waals surface area contributed by atoms with Gasteiger partial charge in [0.25, 0.3) is 5.91 Å². The first-order valence-corrected chi connectivity index (χ1v) is 7.13. The van der Waals surface area contributed by atoms with Crippen LogP contribution >= 0.6 is 0 Å². The van der Waals surface area contributed by atoms with Gasteiger partial charge in [-0.25, -0.2) is 0 Å². The van der Waals surface area contributed by atoms with Crippen molar-refractivity contribution in [2.75, 3.05) is 0 Å². The highest BCUT2D eigenvalue weighted by molar-refractivity contribution is 5.97. The Balaban J connectivity index is 1.92. The smallest absolute Gasteiger partial charge is 0.364 e. The topological polar surface area (TPSA) is 81.8 Å². The van der Waals surface area contributed by atoms with Crippen molar-refractivity contribution >= 4 is 5.91 Å². The van der Waals surface area contributed by atoms with Gasteiger partial charge < -0.3 is 5.73 Å². The van der Waals surface area contributed by atoms with E-state index in [1.807, 2.05) is 0 Å². The quantitative estimate of drug-likeness (QED) is 0.790. The molecule has 0 fully saturated rings. The Morgan fingerprint density at radius 3 is 2.12 bits per heavy atom. The first-order chi connectivity index (χ1) is 11.9. The standard InChI is InChI=1S/C17H11F3N4O/c18-17(19,20)11-5-3-10(4-6-11)13-7-8-14(24-23-13)12-2-1-9-22-15(12)16(21)25/h1-9H,(H2,21,25). The summed E-state index contributed by atoms with van der Waals surface area (Å²) in [5.41, 5.74) is 6.33. The summed E-state index contributed by atoms with van der Waals surface area (Å²) < 4.78 is 37.8. The molecule has 0 aliphatic carbocycles. The number of alkyl halides is 3. The largest absolute Gasteiger partial charge is 0.416 e. The van der Waals surface area contributed by atoms with Gasteiger partial charge in [0.15, 0.2) is 0 Å². The minimum absolute atomic E-state index is 0.0686. The summed E-state index contributed by atoms with van der Waals surface area (Å²) in [5, 5.41) is 8.03. The molecular weight excluding hydrogens is 333 g/mol. The minimum atomic E-state index is -4.39. The van der Waals surface area contributed by atoms with Crippen molar-refractivity contribution in [2.45, 2.75) is 6.18 Å². The van der Waals surface area contributed by atoms with Gasteiger partial charge in [0.2, 0.25) is 0 Å². The molecule has 2 heterocycles. The maximum atomic E-state index is 12.6. The summed E-state index contributed by atoms with van der Waals surface area (Å²) in [5.74, 6) is -0.691. The van der Waals surface area contributed by atoms with E-state index >= 15 is 0 Å². The minimum Gasteiger partial charge on any atom is -0.364 e. The fourth-order valence-electron chi connectivity index (χ4n) is 2.27. The number of nitrogens with zero attached hydrogens (tertiary/aromatic N) is 3. The van der Waals surface area contributed by atoms with Gasteiger partial charge in [-0.05, 0) is 36.4 Å². The zero-order valence-electron chi connectivity index (χ0n) is 12.7. The number of carbonyl (C=O) groups is 1. The number of rotatable bonds is 3. The van der Waals surface area contributed by atoms with Crippen LogP contribution in [0.2, 0.25) is 0 Å². The molecule has 5 nitrogen and oxygen atoms in total. The second-order valence-corrected chi connectivity index (χ2v) is 5.14. The van der Waals surface area contributed by atoms with Gasteiger partial charge in [-0.1, -0.05) is 12.1 Å². The van der Waals surface area contributed by atoms with Crippen LogP contribution in [0.4, 0.5) is 13.2 Å². The molecule has 8 heteroatoms. The summed E-state index contributed by atoms with van der Waals surface area (Å²) in [6.45, 7) is 0. The van der Waals surface area contributed by atoms with E-state index in [-0.39, 0.29) is 5.69 Å². The van der Waals surface area contributed by atoms with Crippen molar-refractivity contribution in [3.8, 4) is 22.5 Å². The summed E-state index contributed by atoms with van der Waals surface area (Å²) in [6, 6.07) is 11.1. The summed E-state index contributed by atoms with van der Waals surface area (Å²) in [7, 11) is 0. The van der Waals surface area contributed by atoms with Crippen molar-refractivity contribution in [3.05, 3.63) is 66.0 Å². The molecule has 2 N–H and O–H groups in total. The summed E-state index contributed by atoms with van der Waals surface area (Å²) in [4.78, 5) is 15.3. The molecule has 0 atom stereocenters. The highest BCUT2D eigenvalue weighted by Crippen LogP contribution is 2.30. The predicted octanol–water partition coefficient (Wildman–Crippen LogP) is 3.32. The van der Waals surface area contributed by atoms with Crippen molar-refractivity contribution in [3.63, 3.8) is 0 Å². The van der Waals surface area contributed by atoms with Crippen molar-refractivity contribution in [1.29, 1.82) is 0 Å². The Hall–Kier alpha value is -3.29. The SMILES string of the molecule is NC(=O)c1ncccc1-c1ccc(-c2ccc(C(F)(F)F)cc2)nn1. The lowest BCUT2D eigenvalue weighted by Crippen LogP contribution is -2.14. The molecule has 0 spiro atoms. The molecule has 2 aromatic heterocycles. The molecule has 25 heavy (non-hydrogen) atoms. The number of hydrogen-bond acceptors (Lipinski definition) is 4. The molecular formula is C17H11F3N4O. The number of amides is 1. The molecule has 1 aromatic carbocycles. The van der Waals surface area contributed by atoms with Gasteiger partial charge in [0, 0.05) is 17.3 Å². The molecule has 1 amide bonds. The van der Waals surface area contributed by atoms with E-state index < -0.39 is 17.6 Å². The van der Waals surface area contributed by atoms with Crippen LogP contribution in [-0.2, 0) is 6.18 Å². The first-order valence-electron chi connectivity index (χ1n) is 7.13. The Morgan fingerprint density at radius 2 is 1.56 bits per heavy atom. The van der Waals surface area contributed by atoms with Crippen LogP contribution in [0.3, 0.4) is 0 Å². The normalized spacial score (nSPS) is 11.3. The number of hydrogen-bond donors (Lipinski definition) is 1. The lowest BCUT2D eigenvalue weighted by atomic mass is 10.1. The second-order valence-electron chi connectivity index (χ2n) is 5.14. The molecule has 0 bridgehead atoms. The van der Waals surface area contributed by atoms with Crippen LogP contribution in [0.25, 0.3) is 22.5 Å². The Kier molecular flexibility index (Phi) is 4.18. The molecule has 0 unspecified atom stereocenters. The zero-order valence-corrected chi connectivity index (χ0v) is 12.7. The van der Waals surface area contributed by atoms with Crippen LogP contribution in [0.1, 0.15) is 16.1 Å². The Bertz CT molecular complexity index is 906. The average Bonchev–Trinajstić information content (AvgIpc) is 2.61. The van der Waals surface area contributed by atoms with E-state index in [1.165, 1.54) is 18.3 Å². The summed E-state index contributed by atoms with van der Waals surface area (Å²) >= 11 is 0. The molecule has 0 aliphatic heterocycles. The van der Waals surface area contributed by atoms with E-state index in [4.69, 9.17) is 5.73 Å². The molecule has 0 saturated carbocycles. The monoisotopic (exact) mass is 344 g/mol. The van der Waals surface area contributed by atoms with Crippen LogP contribution in [0.15, 0.2) is 54.7 Å². The number of pyridine rings is 1. The third-order valence-electron chi connectivity index (χ3n) is 3.49. The third kappa shape index (κ3) is 3.47. The predicted molar refractivity (Wildman–Crippen MR) is 84.2 cm³/mol. The van der Waals surface area contributed by atoms with E-state index in [2.05, 4.69) is 15.2 Å². The molecule has 126 valence electrons. The molecule has 0 saturated heterocycles. The third-order valence-corrected chi connectivity index (χ3v) is 3.49. The van der Waals surface area contributed by atoms with Crippen LogP contribution in [0.5, 0.6) is 0 Å². The van der Waals surface area contributed by atoms with Gasteiger partial charge >= 0.3 is 6.18 Å². The zero-order chi connectivity index (χ0) is 18.0. The van der Waals surface area contributed by atoms with Crippen LogP contribution in [0, 0.1) is 0 Å². The van der Waals surface area contributed by atoms with Gasteiger partial charge in [-0.15, -0.1) is 10.2 Å². The number of carbonyl (C=O) groups excluding carboxylic acids is 1. The number of nitrogens with two attached hydrogens (primary N) is 1. The molecule has 0 radical (unpaired) electrons. The van der Waals surface area contributed by atoms with Gasteiger partial charge in [0.1, 0.15) is 5.69 Å². The van der Waals surface area contributed by atoms with Crippen LogP contribution < -0.4 is 5.73 Å². The van der Waals surface area contributed by atoms with Crippen molar-refractivity contribution in [2.24, 2.45) is 5.73 Å².